The van der Waals surface area contributed by atoms with Crippen LogP contribution in [0.3, 0.4) is 0 Å². The lowest BCUT2D eigenvalue weighted by Gasteiger charge is -2.26. The number of halogens is 1. The summed E-state index contributed by atoms with van der Waals surface area (Å²) in [6.07, 6.45) is 0.894. The average molecular weight is 315 g/mol. The minimum absolute atomic E-state index is 0.00213. The van der Waals surface area contributed by atoms with Crippen LogP contribution < -0.4 is 0 Å². The highest BCUT2D eigenvalue weighted by atomic mass is 35.5. The maximum atomic E-state index is 12.6. The second-order valence-electron chi connectivity index (χ2n) is 4.64. The number of benzene rings is 1. The Bertz CT molecular complexity index is 538. The van der Waals surface area contributed by atoms with Crippen LogP contribution in [0.15, 0.2) is 18.2 Å². The molecule has 1 aliphatic rings. The third kappa shape index (κ3) is 3.07. The van der Waals surface area contributed by atoms with Crippen molar-refractivity contribution in [1.82, 2.24) is 4.90 Å². The molecule has 5 nitrogen and oxygen atoms in total. The molecule has 108 valence electrons. The van der Waals surface area contributed by atoms with Gasteiger partial charge in [0, 0.05) is 18.3 Å². The maximum Gasteiger partial charge on any atom is 0.300 e. The number of carbonyl (C=O) groups is 1. The van der Waals surface area contributed by atoms with Crippen LogP contribution in [0.2, 0.25) is 5.02 Å². The Morgan fingerprint density at radius 3 is 2.95 bits per heavy atom. The lowest BCUT2D eigenvalue weighted by molar-refractivity contribution is -0.385. The summed E-state index contributed by atoms with van der Waals surface area (Å²) < 4.78 is 0. The monoisotopic (exact) mass is 314 g/mol. The van der Waals surface area contributed by atoms with Gasteiger partial charge in [-0.3, -0.25) is 14.9 Å². The number of nitro benzene ring substituents is 1. The molecule has 0 saturated carbocycles. The number of hydrogen-bond acceptors (Lipinski definition) is 4. The minimum Gasteiger partial charge on any atom is -0.335 e. The summed E-state index contributed by atoms with van der Waals surface area (Å²) >= 11 is 7.66. The molecule has 1 amide bonds. The summed E-state index contributed by atoms with van der Waals surface area (Å²) in [6, 6.07) is 4.55. The van der Waals surface area contributed by atoms with Gasteiger partial charge in [-0.1, -0.05) is 17.7 Å². The molecule has 1 atom stereocenters. The van der Waals surface area contributed by atoms with E-state index in [9.17, 15) is 14.9 Å². The van der Waals surface area contributed by atoms with E-state index in [4.69, 9.17) is 11.6 Å². The summed E-state index contributed by atoms with van der Waals surface area (Å²) in [5.74, 6) is 1.54. The molecule has 1 unspecified atom stereocenters. The van der Waals surface area contributed by atoms with Gasteiger partial charge in [0.25, 0.3) is 5.91 Å². The zero-order valence-corrected chi connectivity index (χ0v) is 12.6. The zero-order chi connectivity index (χ0) is 14.7. The van der Waals surface area contributed by atoms with Crippen molar-refractivity contribution in [3.63, 3.8) is 0 Å². The summed E-state index contributed by atoms with van der Waals surface area (Å²) in [5, 5.41) is 11.1. The molecule has 0 aromatic heterocycles. The Morgan fingerprint density at radius 1 is 1.50 bits per heavy atom. The van der Waals surface area contributed by atoms with Crippen molar-refractivity contribution in [3.8, 4) is 0 Å². The van der Waals surface area contributed by atoms with E-state index in [0.29, 0.717) is 6.54 Å². The van der Waals surface area contributed by atoms with Gasteiger partial charge < -0.3 is 4.90 Å². The molecule has 0 radical (unpaired) electrons. The Balaban J connectivity index is 2.37. The largest absolute Gasteiger partial charge is 0.335 e. The Labute approximate surface area is 126 Å². The summed E-state index contributed by atoms with van der Waals surface area (Å²) in [7, 11) is 0. The van der Waals surface area contributed by atoms with Crippen LogP contribution in [0.1, 0.15) is 23.7 Å². The van der Waals surface area contributed by atoms with E-state index in [1.165, 1.54) is 12.1 Å². The standard InChI is InChI=1S/C13H15ClN2O3S/c1-9-5-7-20-8-6-15(9)13(17)10-3-2-4-11(14)12(10)16(18)19/h2-4,9H,5-8H2,1H3. The van der Waals surface area contributed by atoms with E-state index in [1.54, 1.807) is 22.7 Å². The first-order valence-corrected chi connectivity index (χ1v) is 7.87. The molecular weight excluding hydrogens is 300 g/mol. The number of thioether (sulfide) groups is 1. The highest BCUT2D eigenvalue weighted by Gasteiger charge is 2.30. The second-order valence-corrected chi connectivity index (χ2v) is 6.27. The number of amides is 1. The Hall–Kier alpha value is -1.27. The molecule has 1 aromatic carbocycles. The van der Waals surface area contributed by atoms with Crippen LogP contribution in [-0.4, -0.2) is 39.8 Å². The fourth-order valence-corrected chi connectivity index (χ4v) is 3.51. The van der Waals surface area contributed by atoms with E-state index in [1.807, 2.05) is 6.92 Å². The number of nitro groups is 1. The number of carbonyl (C=O) groups excluding carboxylic acids is 1. The van der Waals surface area contributed by atoms with Gasteiger partial charge in [-0.05, 0) is 31.2 Å². The molecule has 7 heteroatoms. The SMILES string of the molecule is CC1CCSCCN1C(=O)c1cccc(Cl)c1[N+](=O)[O-]. The predicted molar refractivity (Wildman–Crippen MR) is 80.5 cm³/mol. The summed E-state index contributed by atoms with van der Waals surface area (Å²) in [5.41, 5.74) is -0.232. The van der Waals surface area contributed by atoms with Crippen molar-refractivity contribution < 1.29 is 9.72 Å². The van der Waals surface area contributed by atoms with Crippen molar-refractivity contribution in [1.29, 1.82) is 0 Å². The average Bonchev–Trinajstić information content (AvgIpc) is 2.62. The molecule has 1 heterocycles. The normalized spacial score (nSPS) is 19.5. The topological polar surface area (TPSA) is 63.5 Å². The summed E-state index contributed by atoms with van der Waals surface area (Å²) in [4.78, 5) is 24.8. The molecular formula is C13H15ClN2O3S. The van der Waals surface area contributed by atoms with E-state index >= 15 is 0 Å². The van der Waals surface area contributed by atoms with Crippen LogP contribution in [-0.2, 0) is 0 Å². The van der Waals surface area contributed by atoms with Crippen molar-refractivity contribution in [2.24, 2.45) is 0 Å². The third-order valence-corrected chi connectivity index (χ3v) is 4.65. The van der Waals surface area contributed by atoms with Gasteiger partial charge in [0.15, 0.2) is 0 Å². The maximum absolute atomic E-state index is 12.6. The Morgan fingerprint density at radius 2 is 2.25 bits per heavy atom. The molecule has 1 fully saturated rings. The molecule has 1 saturated heterocycles. The first-order valence-electron chi connectivity index (χ1n) is 6.34. The predicted octanol–water partition coefficient (Wildman–Crippen LogP) is 3.22. The van der Waals surface area contributed by atoms with Crippen molar-refractivity contribution in [2.75, 3.05) is 18.1 Å². The molecule has 1 aromatic rings. The molecule has 0 aliphatic carbocycles. The lowest BCUT2D eigenvalue weighted by Crippen LogP contribution is -2.39. The lowest BCUT2D eigenvalue weighted by atomic mass is 10.1. The summed E-state index contributed by atoms with van der Waals surface area (Å²) in [6.45, 7) is 2.58. The van der Waals surface area contributed by atoms with Gasteiger partial charge in [-0.25, -0.2) is 0 Å². The van der Waals surface area contributed by atoms with E-state index in [0.717, 1.165) is 17.9 Å². The smallest absolute Gasteiger partial charge is 0.300 e. The fraction of sp³-hybridized carbons (Fsp3) is 0.462. The molecule has 0 bridgehead atoms. The molecule has 20 heavy (non-hydrogen) atoms. The molecule has 2 rings (SSSR count). The van der Waals surface area contributed by atoms with E-state index in [2.05, 4.69) is 0 Å². The number of rotatable bonds is 2. The first kappa shape index (κ1) is 15.1. The first-order chi connectivity index (χ1) is 9.52. The Kier molecular flexibility index (Phi) is 4.88. The van der Waals surface area contributed by atoms with Crippen LogP contribution in [0.4, 0.5) is 5.69 Å². The van der Waals surface area contributed by atoms with E-state index in [-0.39, 0.29) is 28.2 Å². The van der Waals surface area contributed by atoms with Gasteiger partial charge in [-0.2, -0.15) is 11.8 Å². The van der Waals surface area contributed by atoms with Gasteiger partial charge >= 0.3 is 5.69 Å². The van der Waals surface area contributed by atoms with E-state index < -0.39 is 4.92 Å². The number of para-hydroxylation sites is 1. The molecule has 0 spiro atoms. The van der Waals surface area contributed by atoms with Gasteiger partial charge in [0.1, 0.15) is 10.6 Å². The third-order valence-electron chi connectivity index (χ3n) is 3.35. The molecule has 1 aliphatic heterocycles. The molecule has 0 N–H and O–H groups in total. The number of nitrogens with zero attached hydrogens (tertiary/aromatic N) is 2. The van der Waals surface area contributed by atoms with Crippen LogP contribution in [0.5, 0.6) is 0 Å². The van der Waals surface area contributed by atoms with Crippen LogP contribution >= 0.6 is 23.4 Å². The van der Waals surface area contributed by atoms with Crippen molar-refractivity contribution >= 4 is 35.0 Å². The van der Waals surface area contributed by atoms with Crippen LogP contribution in [0.25, 0.3) is 0 Å². The van der Waals surface area contributed by atoms with Gasteiger partial charge in [0.05, 0.1) is 4.92 Å². The van der Waals surface area contributed by atoms with Crippen LogP contribution in [0, 0.1) is 10.1 Å². The van der Waals surface area contributed by atoms with Gasteiger partial charge in [-0.15, -0.1) is 0 Å². The number of hydrogen-bond donors (Lipinski definition) is 0. The van der Waals surface area contributed by atoms with Crippen molar-refractivity contribution in [3.05, 3.63) is 38.9 Å². The highest BCUT2D eigenvalue weighted by molar-refractivity contribution is 7.99. The quantitative estimate of drug-likeness (QED) is 0.621. The van der Waals surface area contributed by atoms with Gasteiger partial charge in [0.2, 0.25) is 0 Å². The zero-order valence-electron chi connectivity index (χ0n) is 11.0. The second kappa shape index (κ2) is 6.45. The fourth-order valence-electron chi connectivity index (χ4n) is 2.22. The highest BCUT2D eigenvalue weighted by Crippen LogP contribution is 2.30. The minimum atomic E-state index is -0.590. The van der Waals surface area contributed by atoms with Crippen molar-refractivity contribution in [2.45, 2.75) is 19.4 Å².